The Morgan fingerprint density at radius 1 is 0.962 bits per heavy atom. The maximum Gasteiger partial charge on any atom is 2.00 e. The number of carboxylic acid groups (broad SMARTS) is 2. The van der Waals surface area contributed by atoms with Crippen molar-refractivity contribution in [2.75, 3.05) is 7.11 Å². The largest absolute Gasteiger partial charge is 2.00 e. The van der Waals surface area contributed by atoms with Crippen LogP contribution in [0.2, 0.25) is 0 Å². The van der Waals surface area contributed by atoms with E-state index < -0.39 is 11.9 Å². The summed E-state index contributed by atoms with van der Waals surface area (Å²) in [5, 5.41) is 23.2. The Balaban J connectivity index is 0. The number of carboxylic acids is 2. The first-order chi connectivity index (χ1) is 12.0. The van der Waals surface area contributed by atoms with Crippen LogP contribution in [-0.2, 0) is 31.3 Å². The van der Waals surface area contributed by atoms with E-state index in [4.69, 9.17) is 24.9 Å². The molecule has 3 aliphatic rings. The molecule has 0 spiro atoms. The minimum Gasteiger partial charge on any atom is -0.857 e. The molecule has 0 heterocycles. The molecule has 0 fully saturated rings. The molecule has 5 nitrogen and oxygen atoms in total. The first kappa shape index (κ1) is 26.3. The average molecular weight is 392 g/mol. The van der Waals surface area contributed by atoms with E-state index in [1.165, 1.54) is 63.2 Å². The maximum atomic E-state index is 9.13. The topological polar surface area (TPSA) is 97.7 Å². The van der Waals surface area contributed by atoms with Crippen molar-refractivity contribution in [1.29, 1.82) is 0 Å². The zero-order valence-electron chi connectivity index (χ0n) is 15.0. The molecule has 26 heavy (non-hydrogen) atoms. The van der Waals surface area contributed by atoms with E-state index in [1.54, 1.807) is 22.3 Å². The zero-order valence-corrected chi connectivity index (χ0v) is 16.6. The number of aliphatic carboxylic acids is 2. The molecule has 0 saturated carbocycles. The van der Waals surface area contributed by atoms with Gasteiger partial charge in [-0.3, -0.25) is 0 Å². The number of allylic oxidation sites excluding steroid dienone is 4. The number of hydrogen-bond acceptors (Lipinski definition) is 3. The molecule has 0 saturated heterocycles. The van der Waals surface area contributed by atoms with Crippen LogP contribution in [0.4, 0.5) is 0 Å². The van der Waals surface area contributed by atoms with Gasteiger partial charge in [-0.15, -0.1) is 24.8 Å². The van der Waals surface area contributed by atoms with Gasteiger partial charge in [-0.1, -0.05) is 24.8 Å². The molecule has 0 atom stereocenters. The van der Waals surface area contributed by atoms with Gasteiger partial charge in [0.05, 0.1) is 0 Å². The second kappa shape index (κ2) is 15.3. The molecular formula is C20H24O5Ti. The van der Waals surface area contributed by atoms with Gasteiger partial charge < -0.3 is 15.3 Å². The quantitative estimate of drug-likeness (QED) is 0.375. The van der Waals surface area contributed by atoms with E-state index >= 15 is 0 Å². The van der Waals surface area contributed by atoms with Gasteiger partial charge in [0.2, 0.25) is 0 Å². The van der Waals surface area contributed by atoms with Crippen molar-refractivity contribution in [3.63, 3.8) is 0 Å². The molecule has 138 valence electrons. The van der Waals surface area contributed by atoms with Crippen LogP contribution in [0.1, 0.15) is 51.4 Å². The SMILES string of the molecule is C#CC(=O)O.C#CC(=O)O.C[O-].[CH-]1CCCC2=C1CC1=C2CCCC1.[Ti+2]. The number of carbonyl (C=O) groups is 2. The Morgan fingerprint density at radius 3 is 1.92 bits per heavy atom. The molecular weight excluding hydrogens is 368 g/mol. The maximum absolute atomic E-state index is 9.13. The van der Waals surface area contributed by atoms with Crippen molar-refractivity contribution in [2.45, 2.75) is 51.4 Å². The van der Waals surface area contributed by atoms with E-state index in [9.17, 15) is 0 Å². The fourth-order valence-corrected chi connectivity index (χ4v) is 3.12. The van der Waals surface area contributed by atoms with Crippen molar-refractivity contribution in [2.24, 2.45) is 0 Å². The van der Waals surface area contributed by atoms with E-state index in [0.29, 0.717) is 0 Å². The van der Waals surface area contributed by atoms with Crippen molar-refractivity contribution >= 4 is 11.9 Å². The van der Waals surface area contributed by atoms with E-state index in [0.717, 1.165) is 7.11 Å². The average Bonchev–Trinajstić information content (AvgIpc) is 3.03. The summed E-state index contributed by atoms with van der Waals surface area (Å²) in [6.07, 6.45) is 22.2. The predicted octanol–water partition coefficient (Wildman–Crippen LogP) is 2.33. The molecule has 6 heteroatoms. The molecule has 3 aliphatic carbocycles. The van der Waals surface area contributed by atoms with Gasteiger partial charge in [-0.25, -0.2) is 21.6 Å². The van der Waals surface area contributed by atoms with Crippen molar-refractivity contribution in [3.8, 4) is 24.7 Å². The smallest absolute Gasteiger partial charge is 0.857 e. The van der Waals surface area contributed by atoms with Gasteiger partial charge in [0.15, 0.2) is 0 Å². The van der Waals surface area contributed by atoms with Gasteiger partial charge in [-0.2, -0.15) is 12.7 Å². The standard InChI is InChI=1S/C13H17.2C3H2O2.CH3O.Ti/c1-3-7-12-10(5-1)9-11-6-2-4-8-13(11)12;2*1-2-3(4)5;1-2;/h5H,1-4,6-9H2;2*1H,(H,4,5);1H3;/q-1;;;-1;+2. The van der Waals surface area contributed by atoms with Crippen molar-refractivity contribution in [3.05, 3.63) is 28.7 Å². The first-order valence-electron chi connectivity index (χ1n) is 8.06. The normalized spacial score (nSPS) is 15.8. The summed E-state index contributed by atoms with van der Waals surface area (Å²) in [5.74, 6) is 0.454. The fraction of sp³-hybridized carbons (Fsp3) is 0.450. The van der Waals surface area contributed by atoms with Gasteiger partial charge in [0.25, 0.3) is 0 Å². The van der Waals surface area contributed by atoms with Crippen LogP contribution in [0.15, 0.2) is 22.3 Å². The summed E-state index contributed by atoms with van der Waals surface area (Å²) in [4.78, 5) is 18.3. The Morgan fingerprint density at radius 2 is 1.42 bits per heavy atom. The van der Waals surface area contributed by atoms with E-state index in [1.807, 2.05) is 0 Å². The van der Waals surface area contributed by atoms with Crippen molar-refractivity contribution < 1.29 is 46.6 Å². The third kappa shape index (κ3) is 9.54. The second-order valence-electron chi connectivity index (χ2n) is 5.47. The Hall–Kier alpha value is -1.92. The Bertz CT molecular complexity index is 563. The molecule has 3 rings (SSSR count). The van der Waals surface area contributed by atoms with Crippen LogP contribution in [-0.4, -0.2) is 29.3 Å². The molecule has 0 unspecified atom stereocenters. The minimum atomic E-state index is -1.22. The first-order valence-corrected chi connectivity index (χ1v) is 8.06. The summed E-state index contributed by atoms with van der Waals surface area (Å²) in [7, 11) is 0.750. The van der Waals surface area contributed by atoms with Crippen LogP contribution in [0, 0.1) is 31.1 Å². The second-order valence-corrected chi connectivity index (χ2v) is 5.47. The summed E-state index contributed by atoms with van der Waals surface area (Å²) < 4.78 is 0. The zero-order chi connectivity index (χ0) is 19.2. The summed E-state index contributed by atoms with van der Waals surface area (Å²) in [6, 6.07) is 0. The number of hydrogen-bond donors (Lipinski definition) is 2. The van der Waals surface area contributed by atoms with Crippen LogP contribution < -0.4 is 5.11 Å². The third-order valence-corrected chi connectivity index (χ3v) is 4.01. The van der Waals surface area contributed by atoms with Crippen LogP contribution in [0.25, 0.3) is 0 Å². The van der Waals surface area contributed by atoms with Crippen LogP contribution in [0.3, 0.4) is 0 Å². The van der Waals surface area contributed by atoms with Crippen LogP contribution in [0.5, 0.6) is 0 Å². The van der Waals surface area contributed by atoms with Gasteiger partial charge in [0.1, 0.15) is 0 Å². The van der Waals surface area contributed by atoms with Gasteiger partial charge in [0, 0.05) is 11.8 Å². The molecule has 0 radical (unpaired) electrons. The molecule has 0 aromatic heterocycles. The van der Waals surface area contributed by atoms with E-state index in [2.05, 4.69) is 19.3 Å². The number of fused-ring (bicyclic) bond motifs is 1. The monoisotopic (exact) mass is 392 g/mol. The predicted molar refractivity (Wildman–Crippen MR) is 94.1 cm³/mol. The summed E-state index contributed by atoms with van der Waals surface area (Å²) >= 11 is 0. The van der Waals surface area contributed by atoms with E-state index in [-0.39, 0.29) is 21.7 Å². The Labute approximate surface area is 170 Å². The molecule has 2 N–H and O–H groups in total. The number of terminal acetylenes is 2. The van der Waals surface area contributed by atoms with Crippen molar-refractivity contribution in [1.82, 2.24) is 0 Å². The number of rotatable bonds is 0. The van der Waals surface area contributed by atoms with Gasteiger partial charge >= 0.3 is 33.7 Å². The third-order valence-electron chi connectivity index (χ3n) is 4.01. The van der Waals surface area contributed by atoms with Crippen LogP contribution >= 0.6 is 0 Å². The molecule has 0 aromatic carbocycles. The summed E-state index contributed by atoms with van der Waals surface area (Å²) in [5.41, 5.74) is 7.06. The molecule has 0 amide bonds. The molecule has 0 bridgehead atoms. The summed E-state index contributed by atoms with van der Waals surface area (Å²) in [6.45, 7) is 0. The van der Waals surface area contributed by atoms with Gasteiger partial charge in [-0.05, 0) is 25.7 Å². The molecule has 0 aromatic rings. The minimum absolute atomic E-state index is 0. The Kier molecular flexibility index (Phi) is 15.5. The molecule has 0 aliphatic heterocycles. The fourth-order valence-electron chi connectivity index (χ4n) is 3.12.